The highest BCUT2D eigenvalue weighted by atomic mass is 16.6. The number of aliphatic hydroxyl groups is 1. The van der Waals surface area contributed by atoms with Crippen molar-refractivity contribution in [2.24, 2.45) is 0 Å². The lowest BCUT2D eigenvalue weighted by atomic mass is 10.0. The monoisotopic (exact) mass is 128 g/mol. The zero-order chi connectivity index (χ0) is 6.74. The summed E-state index contributed by atoms with van der Waals surface area (Å²) in [5.74, 6) is -0.866. The molecule has 0 aromatic rings. The molecule has 1 aliphatic carbocycles. The number of hydrogen-bond donors (Lipinski definition) is 1. The van der Waals surface area contributed by atoms with Crippen molar-refractivity contribution in [2.75, 3.05) is 7.11 Å². The molecule has 0 saturated carbocycles. The minimum absolute atomic E-state index is 0.628. The van der Waals surface area contributed by atoms with Gasteiger partial charge < -0.3 is 9.84 Å². The minimum atomic E-state index is -0.866. The summed E-state index contributed by atoms with van der Waals surface area (Å²) in [4.78, 5) is 0. The largest absolute Gasteiger partial charge is 0.365 e. The van der Waals surface area contributed by atoms with Crippen LogP contribution in [0, 0.1) is 0 Å². The lowest BCUT2D eigenvalue weighted by Crippen LogP contribution is -2.31. The predicted molar refractivity (Wildman–Crippen MR) is 34.9 cm³/mol. The minimum Gasteiger partial charge on any atom is -0.365 e. The van der Waals surface area contributed by atoms with E-state index in [1.54, 1.807) is 7.11 Å². The van der Waals surface area contributed by atoms with Gasteiger partial charge in [0, 0.05) is 20.0 Å². The summed E-state index contributed by atoms with van der Waals surface area (Å²) in [6.45, 7) is 0. The second-order valence-electron chi connectivity index (χ2n) is 2.36. The maximum atomic E-state index is 9.41. The van der Waals surface area contributed by atoms with Gasteiger partial charge in [-0.3, -0.25) is 0 Å². The summed E-state index contributed by atoms with van der Waals surface area (Å²) in [5, 5.41) is 9.41. The fourth-order valence-electron chi connectivity index (χ4n) is 0.982. The summed E-state index contributed by atoms with van der Waals surface area (Å²) in [7, 11) is 1.54. The Balaban J connectivity index is 2.50. The van der Waals surface area contributed by atoms with Gasteiger partial charge in [-0.15, -0.1) is 0 Å². The normalized spacial score (nSPS) is 34.9. The van der Waals surface area contributed by atoms with E-state index in [2.05, 4.69) is 6.08 Å². The molecule has 2 heteroatoms. The Morgan fingerprint density at radius 3 is 2.67 bits per heavy atom. The number of allylic oxidation sites excluding steroid dienone is 1. The highest BCUT2D eigenvalue weighted by Crippen LogP contribution is 2.22. The van der Waals surface area contributed by atoms with Crippen molar-refractivity contribution < 1.29 is 9.84 Å². The molecule has 1 atom stereocenters. The van der Waals surface area contributed by atoms with Crippen LogP contribution in [0.3, 0.4) is 0 Å². The summed E-state index contributed by atoms with van der Waals surface area (Å²) >= 11 is 0. The average Bonchev–Trinajstić information content (AvgIpc) is 1.90. The number of ether oxygens (including phenoxy) is 1. The Morgan fingerprint density at radius 1 is 1.56 bits per heavy atom. The Labute approximate surface area is 55.1 Å². The van der Waals surface area contributed by atoms with Crippen molar-refractivity contribution in [3.8, 4) is 0 Å². The number of hydrogen-bond acceptors (Lipinski definition) is 2. The fraction of sp³-hybridized carbons (Fsp3) is 0.714. The molecule has 0 fully saturated rings. The van der Waals surface area contributed by atoms with Crippen molar-refractivity contribution in [1.82, 2.24) is 0 Å². The van der Waals surface area contributed by atoms with Gasteiger partial charge in [0.05, 0.1) is 0 Å². The first kappa shape index (κ1) is 6.78. The Bertz CT molecular complexity index is 120. The first-order valence-electron chi connectivity index (χ1n) is 3.19. The van der Waals surface area contributed by atoms with Crippen LogP contribution in [-0.4, -0.2) is 18.0 Å². The van der Waals surface area contributed by atoms with E-state index in [0.29, 0.717) is 6.42 Å². The molecule has 0 amide bonds. The highest BCUT2D eigenvalue weighted by molar-refractivity contribution is 4.93. The van der Waals surface area contributed by atoms with Gasteiger partial charge in [0.1, 0.15) is 0 Å². The van der Waals surface area contributed by atoms with Crippen molar-refractivity contribution in [2.45, 2.75) is 25.0 Å². The van der Waals surface area contributed by atoms with Gasteiger partial charge in [-0.05, 0) is 6.42 Å². The lowest BCUT2D eigenvalue weighted by molar-refractivity contribution is -0.188. The van der Waals surface area contributed by atoms with Crippen molar-refractivity contribution >= 4 is 0 Å². The molecule has 9 heavy (non-hydrogen) atoms. The molecule has 0 spiro atoms. The second kappa shape index (κ2) is 2.50. The maximum Gasteiger partial charge on any atom is 0.168 e. The quantitative estimate of drug-likeness (QED) is 0.422. The van der Waals surface area contributed by atoms with Crippen LogP contribution in [0.1, 0.15) is 19.3 Å². The van der Waals surface area contributed by atoms with Gasteiger partial charge >= 0.3 is 0 Å². The molecule has 0 saturated heterocycles. The average molecular weight is 128 g/mol. The second-order valence-corrected chi connectivity index (χ2v) is 2.36. The van der Waals surface area contributed by atoms with E-state index >= 15 is 0 Å². The maximum absolute atomic E-state index is 9.41. The molecule has 2 nitrogen and oxygen atoms in total. The van der Waals surface area contributed by atoms with Crippen LogP contribution in [0.2, 0.25) is 0 Å². The molecule has 1 rings (SSSR count). The predicted octanol–water partition coefficient (Wildman–Crippen LogP) is 1.06. The standard InChI is InChI=1S/C7H12O2/c1-9-7(8)5-3-2-4-6-7/h2-3,8H,4-6H2,1H3. The van der Waals surface area contributed by atoms with E-state index < -0.39 is 5.79 Å². The SMILES string of the molecule is COC1(O)CC=CCC1. The van der Waals surface area contributed by atoms with E-state index in [-0.39, 0.29) is 0 Å². The van der Waals surface area contributed by atoms with Gasteiger partial charge in [0.2, 0.25) is 0 Å². The molecule has 0 radical (unpaired) electrons. The zero-order valence-electron chi connectivity index (χ0n) is 5.63. The third-order valence-electron chi connectivity index (χ3n) is 1.69. The molecule has 0 heterocycles. The molecule has 0 aliphatic heterocycles. The summed E-state index contributed by atoms with van der Waals surface area (Å²) in [6.07, 6.45) is 6.29. The third-order valence-corrected chi connectivity index (χ3v) is 1.69. The first-order valence-corrected chi connectivity index (χ1v) is 3.19. The van der Waals surface area contributed by atoms with Crippen LogP contribution >= 0.6 is 0 Å². The molecule has 1 N–H and O–H groups in total. The smallest absolute Gasteiger partial charge is 0.168 e. The van der Waals surface area contributed by atoms with E-state index in [4.69, 9.17) is 4.74 Å². The summed E-state index contributed by atoms with van der Waals surface area (Å²) in [6, 6.07) is 0. The fourth-order valence-corrected chi connectivity index (χ4v) is 0.982. The van der Waals surface area contributed by atoms with Gasteiger partial charge in [0.15, 0.2) is 5.79 Å². The van der Waals surface area contributed by atoms with Gasteiger partial charge in [-0.1, -0.05) is 12.2 Å². The summed E-state index contributed by atoms with van der Waals surface area (Å²) in [5.41, 5.74) is 0. The molecule has 0 aromatic carbocycles. The van der Waals surface area contributed by atoms with E-state index in [9.17, 15) is 5.11 Å². The van der Waals surface area contributed by atoms with Crippen molar-refractivity contribution in [3.05, 3.63) is 12.2 Å². The molecule has 0 aromatic heterocycles. The van der Waals surface area contributed by atoms with E-state index in [0.717, 1.165) is 12.8 Å². The highest BCUT2D eigenvalue weighted by Gasteiger charge is 2.25. The molecular formula is C7H12O2. The Morgan fingerprint density at radius 2 is 2.33 bits per heavy atom. The van der Waals surface area contributed by atoms with Crippen LogP contribution in [0.4, 0.5) is 0 Å². The number of rotatable bonds is 1. The van der Waals surface area contributed by atoms with E-state index in [1.165, 1.54) is 0 Å². The van der Waals surface area contributed by atoms with Crippen LogP contribution in [0.15, 0.2) is 12.2 Å². The molecular weight excluding hydrogens is 116 g/mol. The van der Waals surface area contributed by atoms with Crippen LogP contribution in [0.25, 0.3) is 0 Å². The molecule has 52 valence electrons. The van der Waals surface area contributed by atoms with E-state index in [1.807, 2.05) is 6.08 Å². The van der Waals surface area contributed by atoms with Crippen LogP contribution in [-0.2, 0) is 4.74 Å². The van der Waals surface area contributed by atoms with Crippen LogP contribution < -0.4 is 0 Å². The molecule has 1 aliphatic rings. The topological polar surface area (TPSA) is 29.5 Å². The summed E-state index contributed by atoms with van der Waals surface area (Å²) < 4.78 is 4.88. The first-order chi connectivity index (χ1) is 4.27. The zero-order valence-corrected chi connectivity index (χ0v) is 5.63. The molecule has 1 unspecified atom stereocenters. The van der Waals surface area contributed by atoms with Gasteiger partial charge in [0.25, 0.3) is 0 Å². The third kappa shape index (κ3) is 1.53. The van der Waals surface area contributed by atoms with Crippen molar-refractivity contribution in [3.63, 3.8) is 0 Å². The van der Waals surface area contributed by atoms with Crippen molar-refractivity contribution in [1.29, 1.82) is 0 Å². The van der Waals surface area contributed by atoms with Gasteiger partial charge in [-0.2, -0.15) is 0 Å². The lowest BCUT2D eigenvalue weighted by Gasteiger charge is -2.26. The Hall–Kier alpha value is -0.340. The Kier molecular flexibility index (Phi) is 1.88. The van der Waals surface area contributed by atoms with Crippen LogP contribution in [0.5, 0.6) is 0 Å². The van der Waals surface area contributed by atoms with Gasteiger partial charge in [-0.25, -0.2) is 0 Å². The number of methoxy groups -OCH3 is 1. The molecule has 0 bridgehead atoms.